The van der Waals surface area contributed by atoms with Crippen molar-refractivity contribution < 1.29 is 38.2 Å². The van der Waals surface area contributed by atoms with Crippen molar-refractivity contribution in [1.82, 2.24) is 0 Å². The van der Waals surface area contributed by atoms with Gasteiger partial charge in [0.25, 0.3) is 0 Å². The lowest BCUT2D eigenvalue weighted by atomic mass is 10.1. The van der Waals surface area contributed by atoms with Crippen molar-refractivity contribution in [3.63, 3.8) is 0 Å². The summed E-state index contributed by atoms with van der Waals surface area (Å²) >= 11 is 0. The van der Waals surface area contributed by atoms with Crippen LogP contribution in [0.5, 0.6) is 0 Å². The third-order valence-corrected chi connectivity index (χ3v) is 7.94. The van der Waals surface area contributed by atoms with E-state index >= 15 is 0 Å². The van der Waals surface area contributed by atoms with Crippen LogP contribution in [0.3, 0.4) is 0 Å². The minimum Gasteiger partial charge on any atom is -0.477 e. The molecule has 0 spiro atoms. The van der Waals surface area contributed by atoms with E-state index in [0.717, 1.165) is 44.9 Å². The maximum absolute atomic E-state index is 12.6. The number of hydrogen-bond donors (Lipinski definition) is 1. The average Bonchev–Trinajstić information content (AvgIpc) is 3.15. The fourth-order valence-electron chi connectivity index (χ4n) is 4.85. The van der Waals surface area contributed by atoms with Gasteiger partial charge in [0.15, 0.2) is 12.1 Å². The fraction of sp³-hybridized carbons (Fsp3) is 0.479. The Morgan fingerprint density at radius 1 is 0.554 bits per heavy atom. The van der Waals surface area contributed by atoms with Crippen LogP contribution in [-0.2, 0) is 28.6 Å². The molecule has 0 amide bonds. The van der Waals surface area contributed by atoms with Crippen LogP contribution >= 0.6 is 0 Å². The lowest BCUT2D eigenvalue weighted by Gasteiger charge is -2.31. The Hall–Kier alpha value is -4.53. The lowest BCUT2D eigenvalue weighted by molar-refractivity contribution is -0.887. The Balaban J connectivity index is 4.64. The first-order valence-corrected chi connectivity index (χ1v) is 20.3. The first-order valence-electron chi connectivity index (χ1n) is 20.3. The number of ether oxygens (including phenoxy) is 3. The quantitative estimate of drug-likeness (QED) is 0.0233. The number of esters is 2. The van der Waals surface area contributed by atoms with Gasteiger partial charge >= 0.3 is 17.9 Å². The zero-order valence-electron chi connectivity index (χ0n) is 35.0. The van der Waals surface area contributed by atoms with Gasteiger partial charge in [0, 0.05) is 19.3 Å². The topological polar surface area (TPSA) is 99.1 Å². The van der Waals surface area contributed by atoms with Gasteiger partial charge in [-0.15, -0.1) is 0 Å². The van der Waals surface area contributed by atoms with Crippen LogP contribution in [0.1, 0.15) is 97.3 Å². The van der Waals surface area contributed by atoms with E-state index in [9.17, 15) is 19.5 Å². The summed E-state index contributed by atoms with van der Waals surface area (Å²) in [5.41, 5.74) is 0. The highest BCUT2D eigenvalue weighted by Crippen LogP contribution is 2.10. The summed E-state index contributed by atoms with van der Waals surface area (Å²) in [6.07, 6.45) is 53.8. The zero-order valence-corrected chi connectivity index (χ0v) is 35.0. The molecule has 0 aliphatic heterocycles. The first-order chi connectivity index (χ1) is 27.1. The minimum atomic E-state index is -0.904. The standard InChI is InChI=1S/C48H71NO7/c1-6-8-10-12-14-16-18-20-21-22-23-24-25-27-28-30-32-34-36-38-46(50)55-43-44(42-54-41-40-45(48(52)53)49(3,4)5)56-47(51)39-37-35-33-31-29-26-19-17-15-13-11-9-7-2/h8-11,13-17,19-21,23-24,26-29,31-34,44-45H,6-7,12,18,22,25,30,35-43H2,1-5H3/p+1/b10-8+,11-9+,15-13+,16-14+,19-17+,21-20+,24-23+,28-27+,29-26+,33-31+,34-32+. The number of nitrogens with zero attached hydrogens (tertiary/aromatic N) is 1. The SMILES string of the molecule is CC/C=C/C=C/C=C/C=C/C=C/CCCC(=O)OC(COCCC(C(=O)O)[N+](C)(C)C)COC(=O)CC/C=C/C/C=C/C/C=C/C/C=C/C/C=C/C/C=C/CC. The van der Waals surface area contributed by atoms with Crippen LogP contribution in [-0.4, -0.2) is 80.6 Å². The van der Waals surface area contributed by atoms with Crippen LogP contribution in [0.15, 0.2) is 134 Å². The van der Waals surface area contributed by atoms with Gasteiger partial charge in [-0.2, -0.15) is 0 Å². The number of carbonyl (C=O) groups is 3. The number of unbranched alkanes of at least 4 members (excludes halogenated alkanes) is 1. The number of aliphatic carboxylic acids is 1. The molecule has 0 bridgehead atoms. The summed E-state index contributed by atoms with van der Waals surface area (Å²) < 4.78 is 17.0. The number of carbonyl (C=O) groups excluding carboxylic acids is 2. The molecule has 2 atom stereocenters. The van der Waals surface area contributed by atoms with Gasteiger partial charge in [-0.05, 0) is 64.2 Å². The summed E-state index contributed by atoms with van der Waals surface area (Å²) in [4.78, 5) is 36.8. The van der Waals surface area contributed by atoms with Gasteiger partial charge in [0.2, 0.25) is 0 Å². The molecular weight excluding hydrogens is 703 g/mol. The Labute approximate surface area is 339 Å². The van der Waals surface area contributed by atoms with Gasteiger partial charge in [0.1, 0.15) is 6.61 Å². The van der Waals surface area contributed by atoms with E-state index in [-0.39, 0.29) is 49.5 Å². The monoisotopic (exact) mass is 775 g/mol. The molecule has 0 aromatic rings. The second kappa shape index (κ2) is 37.4. The second-order valence-electron chi connectivity index (χ2n) is 13.9. The maximum Gasteiger partial charge on any atom is 0.362 e. The van der Waals surface area contributed by atoms with Crippen LogP contribution < -0.4 is 0 Å². The highest BCUT2D eigenvalue weighted by Gasteiger charge is 2.31. The van der Waals surface area contributed by atoms with Crippen molar-refractivity contribution in [1.29, 1.82) is 0 Å². The number of rotatable bonds is 33. The van der Waals surface area contributed by atoms with Gasteiger partial charge < -0.3 is 23.8 Å². The molecule has 0 saturated heterocycles. The molecule has 2 unspecified atom stereocenters. The van der Waals surface area contributed by atoms with Gasteiger partial charge in [0.05, 0.1) is 34.4 Å². The van der Waals surface area contributed by atoms with E-state index in [4.69, 9.17) is 14.2 Å². The molecule has 8 heteroatoms. The summed E-state index contributed by atoms with van der Waals surface area (Å²) in [7, 11) is 5.45. The molecule has 310 valence electrons. The molecule has 0 radical (unpaired) electrons. The number of carboxylic acid groups (broad SMARTS) is 1. The summed E-state index contributed by atoms with van der Waals surface area (Å²) in [6.45, 7) is 4.27. The lowest BCUT2D eigenvalue weighted by Crippen LogP contribution is -2.50. The smallest absolute Gasteiger partial charge is 0.362 e. The van der Waals surface area contributed by atoms with Crippen molar-refractivity contribution in [2.45, 2.75) is 109 Å². The molecule has 1 N–H and O–H groups in total. The molecule has 0 aromatic heterocycles. The van der Waals surface area contributed by atoms with E-state index in [1.165, 1.54) is 0 Å². The van der Waals surface area contributed by atoms with Crippen molar-refractivity contribution >= 4 is 17.9 Å². The zero-order chi connectivity index (χ0) is 41.4. The fourth-order valence-corrected chi connectivity index (χ4v) is 4.85. The van der Waals surface area contributed by atoms with E-state index in [0.29, 0.717) is 19.3 Å². The highest BCUT2D eigenvalue weighted by molar-refractivity contribution is 5.72. The van der Waals surface area contributed by atoms with Crippen molar-refractivity contribution in [3.05, 3.63) is 134 Å². The third kappa shape index (κ3) is 35.2. The van der Waals surface area contributed by atoms with Crippen molar-refractivity contribution in [2.24, 2.45) is 0 Å². The van der Waals surface area contributed by atoms with Crippen molar-refractivity contribution in [2.75, 3.05) is 41.0 Å². The predicted molar refractivity (Wildman–Crippen MR) is 233 cm³/mol. The number of hydrogen-bond acceptors (Lipinski definition) is 6. The third-order valence-electron chi connectivity index (χ3n) is 7.94. The number of quaternary nitrogens is 1. The largest absolute Gasteiger partial charge is 0.477 e. The average molecular weight is 775 g/mol. The number of likely N-dealkylation sites (N-methyl/N-ethyl adjacent to an activating group) is 1. The van der Waals surface area contributed by atoms with Gasteiger partial charge in [-0.3, -0.25) is 9.59 Å². The van der Waals surface area contributed by atoms with Crippen LogP contribution in [0.25, 0.3) is 0 Å². The molecular formula is C48H72NO7+. The van der Waals surface area contributed by atoms with Crippen LogP contribution in [0, 0.1) is 0 Å². The second-order valence-corrected chi connectivity index (χ2v) is 13.9. The molecule has 0 heterocycles. The van der Waals surface area contributed by atoms with E-state index in [1.54, 1.807) is 0 Å². The normalized spacial score (nSPS) is 14.4. The Bertz CT molecular complexity index is 1370. The Morgan fingerprint density at radius 3 is 1.54 bits per heavy atom. The predicted octanol–water partition coefficient (Wildman–Crippen LogP) is 10.8. The summed E-state index contributed by atoms with van der Waals surface area (Å²) in [6, 6.07) is -0.647. The Kier molecular flexibility index (Phi) is 34.4. The highest BCUT2D eigenvalue weighted by atomic mass is 16.6. The van der Waals surface area contributed by atoms with E-state index in [1.807, 2.05) is 88.0 Å². The molecule has 0 fully saturated rings. The molecule has 0 aliphatic carbocycles. The van der Waals surface area contributed by atoms with Gasteiger partial charge in [-0.1, -0.05) is 148 Å². The Morgan fingerprint density at radius 2 is 1.04 bits per heavy atom. The van der Waals surface area contributed by atoms with E-state index in [2.05, 4.69) is 80.7 Å². The van der Waals surface area contributed by atoms with E-state index < -0.39 is 24.1 Å². The molecule has 8 nitrogen and oxygen atoms in total. The molecule has 0 aromatic carbocycles. The summed E-state index contributed by atoms with van der Waals surface area (Å²) in [5, 5.41) is 9.60. The molecule has 0 aliphatic rings. The summed E-state index contributed by atoms with van der Waals surface area (Å²) in [5.74, 6) is -1.70. The molecule has 0 saturated carbocycles. The van der Waals surface area contributed by atoms with Crippen LogP contribution in [0.4, 0.5) is 0 Å². The molecule has 56 heavy (non-hydrogen) atoms. The number of allylic oxidation sites excluding steroid dienone is 22. The van der Waals surface area contributed by atoms with Gasteiger partial charge in [-0.25, -0.2) is 4.79 Å². The minimum absolute atomic E-state index is 0.00204. The molecule has 0 rings (SSSR count). The number of carboxylic acids is 1. The maximum atomic E-state index is 12.6. The van der Waals surface area contributed by atoms with Crippen molar-refractivity contribution in [3.8, 4) is 0 Å². The first kappa shape index (κ1) is 51.5. The van der Waals surface area contributed by atoms with Crippen LogP contribution in [0.2, 0.25) is 0 Å².